The molecule has 0 atom stereocenters. The third-order valence-electron chi connectivity index (χ3n) is 2.83. The molecule has 0 bridgehead atoms. The first-order valence-electron chi connectivity index (χ1n) is 5.73. The molecule has 106 valence electrons. The van der Waals surface area contributed by atoms with Crippen molar-refractivity contribution in [2.45, 2.75) is 11.8 Å². The normalized spacial score (nSPS) is 11.3. The van der Waals surface area contributed by atoms with Crippen LogP contribution < -0.4 is 16.2 Å². The lowest BCUT2D eigenvalue weighted by Crippen LogP contribution is -2.15. The zero-order chi connectivity index (χ0) is 14.9. The van der Waals surface area contributed by atoms with Gasteiger partial charge in [0.1, 0.15) is 5.82 Å². The molecule has 2 aromatic rings. The number of rotatable bonds is 3. The van der Waals surface area contributed by atoms with Crippen LogP contribution in [0.3, 0.4) is 0 Å². The monoisotopic (exact) mass is 295 g/mol. The van der Waals surface area contributed by atoms with Crippen molar-refractivity contribution >= 4 is 27.1 Å². The van der Waals surface area contributed by atoms with Crippen LogP contribution in [-0.4, -0.2) is 8.42 Å². The van der Waals surface area contributed by atoms with Crippen LogP contribution in [0.2, 0.25) is 0 Å². The van der Waals surface area contributed by atoms with Crippen molar-refractivity contribution in [3.8, 4) is 0 Å². The molecule has 2 aromatic carbocycles. The second kappa shape index (κ2) is 5.10. The van der Waals surface area contributed by atoms with E-state index in [1.807, 2.05) is 0 Å². The van der Waals surface area contributed by atoms with E-state index in [9.17, 15) is 12.8 Å². The van der Waals surface area contributed by atoms with E-state index in [0.717, 1.165) is 0 Å². The van der Waals surface area contributed by atoms with Crippen molar-refractivity contribution in [2.75, 3.05) is 11.1 Å². The van der Waals surface area contributed by atoms with Gasteiger partial charge in [-0.1, -0.05) is 12.1 Å². The fourth-order valence-electron chi connectivity index (χ4n) is 1.84. The van der Waals surface area contributed by atoms with Crippen LogP contribution in [0.5, 0.6) is 0 Å². The standard InChI is InChI=1S/C13H14FN3O2S/c1-8-12(17-11-5-3-2-4-10(11)14)6-9(15)7-13(8)20(16,18)19/h2-7,17H,15H2,1H3,(H2,16,18,19). The molecule has 0 spiro atoms. The fourth-order valence-corrected chi connectivity index (χ4v) is 2.68. The molecule has 0 fully saturated rings. The number of nitrogens with one attached hydrogen (secondary N) is 1. The van der Waals surface area contributed by atoms with Gasteiger partial charge in [0.15, 0.2) is 0 Å². The summed E-state index contributed by atoms with van der Waals surface area (Å²) in [4.78, 5) is -0.0867. The lowest BCUT2D eigenvalue weighted by molar-refractivity contribution is 0.597. The first-order chi connectivity index (χ1) is 9.29. The molecule has 7 heteroatoms. The van der Waals surface area contributed by atoms with Gasteiger partial charge in [-0.15, -0.1) is 0 Å². The summed E-state index contributed by atoms with van der Waals surface area (Å²) in [5.74, 6) is -0.452. The second-order valence-corrected chi connectivity index (χ2v) is 5.87. The molecule has 0 aliphatic heterocycles. The van der Waals surface area contributed by atoms with Gasteiger partial charge in [-0.2, -0.15) is 0 Å². The van der Waals surface area contributed by atoms with E-state index in [1.54, 1.807) is 19.1 Å². The number of primary sulfonamides is 1. The van der Waals surface area contributed by atoms with Gasteiger partial charge in [0, 0.05) is 11.4 Å². The number of nitrogen functional groups attached to an aromatic ring is 1. The molecule has 0 aliphatic carbocycles. The molecule has 2 rings (SSSR count). The summed E-state index contributed by atoms with van der Waals surface area (Å²) in [5.41, 5.74) is 6.88. The molecule has 0 aliphatic rings. The molecule has 0 saturated heterocycles. The number of benzene rings is 2. The van der Waals surface area contributed by atoms with Gasteiger partial charge in [-0.05, 0) is 36.8 Å². The largest absolute Gasteiger partial charge is 0.399 e. The predicted octanol–water partition coefficient (Wildman–Crippen LogP) is 2.11. The average molecular weight is 295 g/mol. The van der Waals surface area contributed by atoms with Crippen LogP contribution in [0, 0.1) is 12.7 Å². The highest BCUT2D eigenvalue weighted by Crippen LogP contribution is 2.29. The van der Waals surface area contributed by atoms with E-state index < -0.39 is 15.8 Å². The van der Waals surface area contributed by atoms with Crippen LogP contribution in [0.4, 0.5) is 21.5 Å². The van der Waals surface area contributed by atoms with Gasteiger partial charge in [-0.25, -0.2) is 17.9 Å². The number of halogens is 1. The second-order valence-electron chi connectivity index (χ2n) is 4.34. The predicted molar refractivity (Wildman–Crippen MR) is 76.6 cm³/mol. The Morgan fingerprint density at radius 2 is 1.80 bits per heavy atom. The summed E-state index contributed by atoms with van der Waals surface area (Å²) in [5, 5.41) is 7.95. The van der Waals surface area contributed by atoms with Crippen molar-refractivity contribution < 1.29 is 12.8 Å². The van der Waals surface area contributed by atoms with Crippen LogP contribution in [0.1, 0.15) is 5.56 Å². The minimum absolute atomic E-state index is 0.0867. The van der Waals surface area contributed by atoms with Crippen LogP contribution >= 0.6 is 0 Å². The van der Waals surface area contributed by atoms with Gasteiger partial charge < -0.3 is 11.1 Å². The van der Waals surface area contributed by atoms with E-state index in [-0.39, 0.29) is 16.3 Å². The quantitative estimate of drug-likeness (QED) is 0.755. The Balaban J connectivity index is 2.54. The molecule has 0 amide bonds. The van der Waals surface area contributed by atoms with Crippen LogP contribution in [0.15, 0.2) is 41.3 Å². The Kier molecular flexibility index (Phi) is 3.65. The number of sulfonamides is 1. The molecule has 0 aromatic heterocycles. The molecule has 0 unspecified atom stereocenters. The Labute approximate surface area is 116 Å². The summed E-state index contributed by atoms with van der Waals surface area (Å²) in [6, 6.07) is 8.85. The molecule has 20 heavy (non-hydrogen) atoms. The summed E-state index contributed by atoms with van der Waals surface area (Å²) < 4.78 is 36.6. The zero-order valence-corrected chi connectivity index (χ0v) is 11.5. The number of hydrogen-bond acceptors (Lipinski definition) is 4. The summed E-state index contributed by atoms with van der Waals surface area (Å²) in [6.45, 7) is 1.57. The molecule has 5 N–H and O–H groups in total. The fraction of sp³-hybridized carbons (Fsp3) is 0.0769. The zero-order valence-electron chi connectivity index (χ0n) is 10.7. The minimum atomic E-state index is -3.89. The lowest BCUT2D eigenvalue weighted by atomic mass is 10.1. The maximum absolute atomic E-state index is 13.6. The van der Waals surface area contributed by atoms with E-state index in [0.29, 0.717) is 11.3 Å². The topological polar surface area (TPSA) is 98.2 Å². The molecular formula is C13H14FN3O2S. The van der Waals surface area contributed by atoms with Gasteiger partial charge in [0.05, 0.1) is 10.6 Å². The Hall–Kier alpha value is -2.12. The summed E-state index contributed by atoms with van der Waals surface area (Å²) in [6.07, 6.45) is 0. The molecule has 0 radical (unpaired) electrons. The van der Waals surface area contributed by atoms with E-state index in [1.165, 1.54) is 24.3 Å². The first-order valence-corrected chi connectivity index (χ1v) is 7.28. The van der Waals surface area contributed by atoms with E-state index in [4.69, 9.17) is 10.9 Å². The highest BCUT2D eigenvalue weighted by molar-refractivity contribution is 7.89. The highest BCUT2D eigenvalue weighted by Gasteiger charge is 2.16. The van der Waals surface area contributed by atoms with Crippen molar-refractivity contribution in [3.63, 3.8) is 0 Å². The Morgan fingerprint density at radius 3 is 2.40 bits per heavy atom. The summed E-state index contributed by atoms with van der Waals surface area (Å²) in [7, 11) is -3.89. The average Bonchev–Trinajstić information content (AvgIpc) is 2.34. The smallest absolute Gasteiger partial charge is 0.238 e. The Morgan fingerprint density at radius 1 is 1.15 bits per heavy atom. The number of anilines is 3. The molecule has 0 heterocycles. The highest BCUT2D eigenvalue weighted by atomic mass is 32.2. The molecular weight excluding hydrogens is 281 g/mol. The van der Waals surface area contributed by atoms with Gasteiger partial charge in [0.25, 0.3) is 0 Å². The number of hydrogen-bond donors (Lipinski definition) is 3. The SMILES string of the molecule is Cc1c(Nc2ccccc2F)cc(N)cc1S(N)(=O)=O. The van der Waals surface area contributed by atoms with Gasteiger partial charge >= 0.3 is 0 Å². The molecule has 5 nitrogen and oxygen atoms in total. The van der Waals surface area contributed by atoms with Gasteiger partial charge in [-0.3, -0.25) is 0 Å². The van der Waals surface area contributed by atoms with Crippen molar-refractivity contribution in [3.05, 3.63) is 47.8 Å². The summed E-state index contributed by atoms with van der Waals surface area (Å²) >= 11 is 0. The maximum Gasteiger partial charge on any atom is 0.238 e. The van der Waals surface area contributed by atoms with Crippen molar-refractivity contribution in [1.29, 1.82) is 0 Å². The van der Waals surface area contributed by atoms with E-state index in [2.05, 4.69) is 5.32 Å². The minimum Gasteiger partial charge on any atom is -0.399 e. The first kappa shape index (κ1) is 14.3. The third-order valence-corrected chi connectivity index (χ3v) is 3.87. The third kappa shape index (κ3) is 2.89. The maximum atomic E-state index is 13.6. The van der Waals surface area contributed by atoms with Crippen molar-refractivity contribution in [1.82, 2.24) is 0 Å². The van der Waals surface area contributed by atoms with Gasteiger partial charge in [0.2, 0.25) is 10.0 Å². The molecule has 0 saturated carbocycles. The van der Waals surface area contributed by atoms with Crippen molar-refractivity contribution in [2.24, 2.45) is 5.14 Å². The number of para-hydroxylation sites is 1. The Bertz CT molecular complexity index is 760. The van der Waals surface area contributed by atoms with Crippen LogP contribution in [-0.2, 0) is 10.0 Å². The number of nitrogens with two attached hydrogens (primary N) is 2. The van der Waals surface area contributed by atoms with Crippen LogP contribution in [0.25, 0.3) is 0 Å². The van der Waals surface area contributed by atoms with E-state index >= 15 is 0 Å². The lowest BCUT2D eigenvalue weighted by Gasteiger charge is -2.14.